The lowest BCUT2D eigenvalue weighted by atomic mass is 9.82. The summed E-state index contributed by atoms with van der Waals surface area (Å²) in [6.07, 6.45) is -0.580. The molecule has 0 heterocycles. The van der Waals surface area contributed by atoms with Gasteiger partial charge >= 0.3 is 6.09 Å². The number of nitrogens with one attached hydrogen (secondary N) is 2. The van der Waals surface area contributed by atoms with Crippen molar-refractivity contribution in [3.05, 3.63) is 0 Å². The molecule has 0 fully saturated rings. The Morgan fingerprint density at radius 1 is 1.05 bits per heavy atom. The number of amides is 2. The summed E-state index contributed by atoms with van der Waals surface area (Å²) in [7, 11) is 0. The second kappa shape index (κ2) is 6.95. The Morgan fingerprint density at radius 2 is 1.55 bits per heavy atom. The zero-order chi connectivity index (χ0) is 16.1. The third kappa shape index (κ3) is 8.02. The number of hydrogen-bond donors (Lipinski definition) is 2. The predicted octanol–water partition coefficient (Wildman–Crippen LogP) is 2.70. The zero-order valence-corrected chi connectivity index (χ0v) is 14.1. The van der Waals surface area contributed by atoms with Crippen LogP contribution in [0, 0.1) is 11.3 Å². The Hall–Kier alpha value is -1.26. The lowest BCUT2D eigenvalue weighted by Crippen LogP contribution is -2.47. The Bertz CT molecular complexity index is 340. The monoisotopic (exact) mass is 286 g/mol. The van der Waals surface area contributed by atoms with Crippen LogP contribution in [0.5, 0.6) is 0 Å². The van der Waals surface area contributed by atoms with E-state index in [0.717, 1.165) is 0 Å². The van der Waals surface area contributed by atoms with Gasteiger partial charge in [-0.3, -0.25) is 4.79 Å². The summed E-state index contributed by atoms with van der Waals surface area (Å²) in [5, 5.41) is 5.37. The molecule has 0 aliphatic carbocycles. The van der Waals surface area contributed by atoms with Crippen molar-refractivity contribution in [2.75, 3.05) is 6.54 Å². The van der Waals surface area contributed by atoms with Gasteiger partial charge in [-0.2, -0.15) is 0 Å². The lowest BCUT2D eigenvalue weighted by Gasteiger charge is -2.28. The van der Waals surface area contributed by atoms with Crippen molar-refractivity contribution in [1.29, 1.82) is 0 Å². The third-order valence-corrected chi connectivity index (χ3v) is 3.19. The number of rotatable bonds is 4. The van der Waals surface area contributed by atoms with Gasteiger partial charge in [-0.1, -0.05) is 27.7 Å². The van der Waals surface area contributed by atoms with Crippen molar-refractivity contribution in [3.8, 4) is 0 Å². The number of carbonyl (C=O) groups excluding carboxylic acids is 2. The zero-order valence-electron chi connectivity index (χ0n) is 14.1. The second-order valence-electron chi connectivity index (χ2n) is 7.38. The summed E-state index contributed by atoms with van der Waals surface area (Å²) >= 11 is 0. The smallest absolute Gasteiger partial charge is 0.408 e. The van der Waals surface area contributed by atoms with E-state index in [1.165, 1.54) is 0 Å². The fourth-order valence-corrected chi connectivity index (χ4v) is 1.26. The lowest BCUT2D eigenvalue weighted by molar-refractivity contribution is -0.123. The van der Waals surface area contributed by atoms with Crippen molar-refractivity contribution in [3.63, 3.8) is 0 Å². The number of hydrogen-bond acceptors (Lipinski definition) is 3. The molecule has 0 saturated heterocycles. The summed E-state index contributed by atoms with van der Waals surface area (Å²) in [5.41, 5.74) is -0.434. The molecule has 2 amide bonds. The van der Waals surface area contributed by atoms with Crippen LogP contribution in [0.15, 0.2) is 0 Å². The fourth-order valence-electron chi connectivity index (χ4n) is 1.26. The maximum absolute atomic E-state index is 11.9. The van der Waals surface area contributed by atoms with Gasteiger partial charge in [-0.05, 0) is 39.0 Å². The average molecular weight is 286 g/mol. The average Bonchev–Trinajstić information content (AvgIpc) is 2.20. The van der Waals surface area contributed by atoms with E-state index in [1.54, 1.807) is 27.7 Å². The van der Waals surface area contributed by atoms with Crippen molar-refractivity contribution < 1.29 is 14.3 Å². The van der Waals surface area contributed by atoms with Crippen molar-refractivity contribution in [1.82, 2.24) is 10.6 Å². The second-order valence-corrected chi connectivity index (χ2v) is 7.38. The molecule has 0 aromatic rings. The molecule has 0 radical (unpaired) electrons. The van der Waals surface area contributed by atoms with Crippen molar-refractivity contribution >= 4 is 12.0 Å². The van der Waals surface area contributed by atoms with Crippen LogP contribution in [0.3, 0.4) is 0 Å². The highest BCUT2D eigenvalue weighted by molar-refractivity contribution is 5.85. The molecule has 2 unspecified atom stereocenters. The normalized spacial score (nSPS) is 15.2. The van der Waals surface area contributed by atoms with Crippen LogP contribution in [-0.2, 0) is 9.53 Å². The first-order chi connectivity index (χ1) is 8.83. The number of carbonyl (C=O) groups is 2. The minimum atomic E-state index is -0.614. The summed E-state index contributed by atoms with van der Waals surface area (Å²) in [4.78, 5) is 23.5. The van der Waals surface area contributed by atoms with Gasteiger partial charge in [0.05, 0.1) is 0 Å². The van der Waals surface area contributed by atoms with Crippen LogP contribution in [0.2, 0.25) is 0 Å². The van der Waals surface area contributed by atoms with Gasteiger partial charge in [0.2, 0.25) is 5.91 Å². The molecule has 5 heteroatoms. The van der Waals surface area contributed by atoms with E-state index in [9.17, 15) is 9.59 Å². The van der Waals surface area contributed by atoms with E-state index >= 15 is 0 Å². The molecular formula is C15H30N2O3. The number of alkyl carbamates (subject to hydrolysis) is 1. The highest BCUT2D eigenvalue weighted by atomic mass is 16.6. The Morgan fingerprint density at radius 3 is 1.95 bits per heavy atom. The van der Waals surface area contributed by atoms with E-state index in [0.29, 0.717) is 12.5 Å². The standard InChI is InChI=1S/C15H30N2O3/c1-10(14(3,4)5)9-16-12(18)11(2)17-13(19)20-15(6,7)8/h10-11H,9H2,1-8H3,(H,16,18)(H,17,19). The van der Waals surface area contributed by atoms with Crippen LogP contribution in [0.4, 0.5) is 4.79 Å². The highest BCUT2D eigenvalue weighted by Crippen LogP contribution is 2.24. The SMILES string of the molecule is CC(NC(=O)OC(C)(C)C)C(=O)NCC(C)C(C)(C)C. The first-order valence-electron chi connectivity index (χ1n) is 7.10. The summed E-state index contributed by atoms with van der Waals surface area (Å²) in [5.74, 6) is 0.145. The molecule has 118 valence electrons. The molecular weight excluding hydrogens is 256 g/mol. The first kappa shape index (κ1) is 18.7. The van der Waals surface area contributed by atoms with Gasteiger partial charge < -0.3 is 15.4 Å². The van der Waals surface area contributed by atoms with E-state index in [2.05, 4.69) is 38.3 Å². The Balaban J connectivity index is 4.20. The van der Waals surface area contributed by atoms with Crippen molar-refractivity contribution in [2.24, 2.45) is 11.3 Å². The van der Waals surface area contributed by atoms with Crippen LogP contribution >= 0.6 is 0 Å². The van der Waals surface area contributed by atoms with Gasteiger partial charge in [0.15, 0.2) is 0 Å². The highest BCUT2D eigenvalue weighted by Gasteiger charge is 2.23. The van der Waals surface area contributed by atoms with E-state index < -0.39 is 17.7 Å². The Labute approximate surface area is 122 Å². The summed E-state index contributed by atoms with van der Waals surface area (Å²) in [6, 6.07) is -0.614. The van der Waals surface area contributed by atoms with Crippen molar-refractivity contribution in [2.45, 2.75) is 67.0 Å². The van der Waals surface area contributed by atoms with Crippen LogP contribution in [0.25, 0.3) is 0 Å². The molecule has 0 bridgehead atoms. The molecule has 0 rings (SSSR count). The molecule has 0 aromatic carbocycles. The topological polar surface area (TPSA) is 67.4 Å². The van der Waals surface area contributed by atoms with E-state index in [1.807, 2.05) is 0 Å². The van der Waals surface area contributed by atoms with Crippen LogP contribution in [0.1, 0.15) is 55.4 Å². The van der Waals surface area contributed by atoms with Gasteiger partial charge in [-0.25, -0.2) is 4.79 Å². The fraction of sp³-hybridized carbons (Fsp3) is 0.867. The molecule has 0 aliphatic heterocycles. The molecule has 0 aliphatic rings. The minimum absolute atomic E-state index is 0.134. The maximum atomic E-state index is 11.9. The van der Waals surface area contributed by atoms with E-state index in [-0.39, 0.29) is 11.3 Å². The Kier molecular flexibility index (Phi) is 6.51. The molecule has 5 nitrogen and oxygen atoms in total. The molecule has 20 heavy (non-hydrogen) atoms. The largest absolute Gasteiger partial charge is 0.444 e. The first-order valence-corrected chi connectivity index (χ1v) is 7.10. The van der Waals surface area contributed by atoms with Gasteiger partial charge in [0.1, 0.15) is 11.6 Å². The molecule has 2 atom stereocenters. The number of ether oxygens (including phenoxy) is 1. The van der Waals surface area contributed by atoms with E-state index in [4.69, 9.17) is 4.74 Å². The minimum Gasteiger partial charge on any atom is -0.444 e. The van der Waals surface area contributed by atoms with Gasteiger partial charge in [0, 0.05) is 6.54 Å². The maximum Gasteiger partial charge on any atom is 0.408 e. The molecule has 0 aromatic heterocycles. The van der Waals surface area contributed by atoms with Gasteiger partial charge in [-0.15, -0.1) is 0 Å². The quantitative estimate of drug-likeness (QED) is 0.835. The summed E-state index contributed by atoms with van der Waals surface area (Å²) < 4.78 is 5.11. The molecule has 0 saturated carbocycles. The third-order valence-electron chi connectivity index (χ3n) is 3.19. The predicted molar refractivity (Wildman–Crippen MR) is 80.5 cm³/mol. The molecule has 2 N–H and O–H groups in total. The summed E-state index contributed by atoms with van der Waals surface area (Å²) in [6.45, 7) is 16.0. The van der Waals surface area contributed by atoms with Crippen LogP contribution in [-0.4, -0.2) is 30.2 Å². The van der Waals surface area contributed by atoms with Gasteiger partial charge in [0.25, 0.3) is 0 Å². The molecule has 0 spiro atoms. The van der Waals surface area contributed by atoms with Crippen LogP contribution < -0.4 is 10.6 Å².